The van der Waals surface area contributed by atoms with Crippen molar-refractivity contribution in [2.45, 2.75) is 59.1 Å². The van der Waals surface area contributed by atoms with Crippen molar-refractivity contribution in [1.82, 2.24) is 10.2 Å². The van der Waals surface area contributed by atoms with Gasteiger partial charge in [-0.05, 0) is 40.2 Å². The molecule has 0 bridgehead atoms. The molecule has 1 N–H and O–H groups in total. The molecule has 26 heavy (non-hydrogen) atoms. The molecule has 6 nitrogen and oxygen atoms in total. The van der Waals surface area contributed by atoms with E-state index >= 15 is 0 Å². The van der Waals surface area contributed by atoms with Crippen molar-refractivity contribution in [2.24, 2.45) is 0 Å². The van der Waals surface area contributed by atoms with E-state index in [1.165, 1.54) is 4.90 Å². The molecule has 0 fully saturated rings. The van der Waals surface area contributed by atoms with Crippen LogP contribution in [0.15, 0.2) is 24.3 Å². The van der Waals surface area contributed by atoms with Gasteiger partial charge in [-0.1, -0.05) is 24.3 Å². The Morgan fingerprint density at radius 3 is 2.35 bits per heavy atom. The quantitative estimate of drug-likeness (QED) is 0.755. The predicted molar refractivity (Wildman–Crippen MR) is 101 cm³/mol. The number of likely N-dealkylation sites (N-methyl/N-ethyl adjacent to an activating group) is 1. The Kier molecular flexibility index (Phi) is 7.80. The van der Waals surface area contributed by atoms with Crippen LogP contribution in [0.2, 0.25) is 0 Å². The number of hydrogen-bond donors (Lipinski definition) is 1. The van der Waals surface area contributed by atoms with Crippen LogP contribution in [0.1, 0.15) is 56.5 Å². The topological polar surface area (TPSA) is 75.7 Å². The molecule has 0 saturated heterocycles. The van der Waals surface area contributed by atoms with Crippen molar-refractivity contribution in [3.05, 3.63) is 35.4 Å². The van der Waals surface area contributed by atoms with E-state index in [2.05, 4.69) is 5.32 Å². The number of carbonyl (C=O) groups excluding carboxylic acids is 3. The molecule has 0 radical (unpaired) electrons. The molecule has 144 valence electrons. The summed E-state index contributed by atoms with van der Waals surface area (Å²) in [4.78, 5) is 37.8. The lowest BCUT2D eigenvalue weighted by atomic mass is 10.0. The standard InChI is InChI=1S/C20H30N2O4/c1-14-9-7-8-10-16(14)17(23)11-12-18(24)22(6)13-15(2)21-19(25)26-20(3,4)5/h7-10,15H,11-13H2,1-6H3,(H,21,25). The van der Waals surface area contributed by atoms with Crippen molar-refractivity contribution in [3.8, 4) is 0 Å². The molecule has 0 saturated carbocycles. The van der Waals surface area contributed by atoms with Crippen LogP contribution in [0.5, 0.6) is 0 Å². The molecule has 1 aromatic carbocycles. The van der Waals surface area contributed by atoms with Gasteiger partial charge in [-0.15, -0.1) is 0 Å². The minimum absolute atomic E-state index is 0.0372. The summed E-state index contributed by atoms with van der Waals surface area (Å²) in [6.45, 7) is 9.39. The fourth-order valence-electron chi connectivity index (χ4n) is 2.50. The highest BCUT2D eigenvalue weighted by Gasteiger charge is 2.20. The predicted octanol–water partition coefficient (Wildman–Crippen LogP) is 3.33. The minimum Gasteiger partial charge on any atom is -0.444 e. The van der Waals surface area contributed by atoms with Gasteiger partial charge in [0.15, 0.2) is 5.78 Å². The number of amides is 2. The van der Waals surface area contributed by atoms with Gasteiger partial charge in [-0.25, -0.2) is 4.79 Å². The van der Waals surface area contributed by atoms with Crippen molar-refractivity contribution in [1.29, 1.82) is 0 Å². The van der Waals surface area contributed by atoms with Gasteiger partial charge < -0.3 is 15.0 Å². The number of hydrogen-bond acceptors (Lipinski definition) is 4. The van der Waals surface area contributed by atoms with E-state index in [9.17, 15) is 14.4 Å². The minimum atomic E-state index is -0.568. The third-order valence-corrected chi connectivity index (χ3v) is 3.75. The van der Waals surface area contributed by atoms with E-state index in [0.29, 0.717) is 12.1 Å². The number of aryl methyl sites for hydroxylation is 1. The van der Waals surface area contributed by atoms with Gasteiger partial charge in [-0.3, -0.25) is 9.59 Å². The summed E-state index contributed by atoms with van der Waals surface area (Å²) in [6, 6.07) is 7.09. The molecular formula is C20H30N2O4. The number of rotatable bonds is 7. The second-order valence-corrected chi connectivity index (χ2v) is 7.56. The first-order valence-corrected chi connectivity index (χ1v) is 8.82. The smallest absolute Gasteiger partial charge is 0.407 e. The lowest BCUT2D eigenvalue weighted by molar-refractivity contribution is -0.130. The summed E-state index contributed by atoms with van der Waals surface area (Å²) in [5, 5.41) is 2.70. The molecule has 0 heterocycles. The molecule has 0 aliphatic heterocycles. The summed E-state index contributed by atoms with van der Waals surface area (Å²) in [6.07, 6.45) is -0.203. The molecule has 1 aromatic rings. The fraction of sp³-hybridized carbons (Fsp3) is 0.550. The maximum absolute atomic E-state index is 12.2. The van der Waals surface area contributed by atoms with Crippen LogP contribution in [0.25, 0.3) is 0 Å². The zero-order valence-electron chi connectivity index (χ0n) is 16.6. The maximum atomic E-state index is 12.2. The van der Waals surface area contributed by atoms with Gasteiger partial charge in [0.2, 0.25) is 5.91 Å². The molecule has 0 spiro atoms. The summed E-state index contributed by atoms with van der Waals surface area (Å²) in [5.74, 6) is -0.172. The third-order valence-electron chi connectivity index (χ3n) is 3.75. The Morgan fingerprint density at radius 1 is 1.15 bits per heavy atom. The Hall–Kier alpha value is -2.37. The molecule has 0 aromatic heterocycles. The zero-order chi connectivity index (χ0) is 19.9. The lowest BCUT2D eigenvalue weighted by Crippen LogP contribution is -2.44. The number of alkyl carbamates (subject to hydrolysis) is 1. The average molecular weight is 362 g/mol. The number of ether oxygens (including phenoxy) is 1. The number of ketones is 1. The molecule has 0 aliphatic rings. The first kappa shape index (κ1) is 21.7. The maximum Gasteiger partial charge on any atom is 0.407 e. The largest absolute Gasteiger partial charge is 0.444 e. The second kappa shape index (κ2) is 9.36. The number of benzene rings is 1. The van der Waals surface area contributed by atoms with Gasteiger partial charge in [0, 0.05) is 38.0 Å². The Bertz CT molecular complexity index is 649. The molecule has 1 rings (SSSR count). The van der Waals surface area contributed by atoms with Crippen LogP contribution in [-0.2, 0) is 9.53 Å². The summed E-state index contributed by atoms with van der Waals surface area (Å²) < 4.78 is 5.19. The molecule has 2 amide bonds. The first-order chi connectivity index (χ1) is 12.0. The number of nitrogens with one attached hydrogen (secondary N) is 1. The molecule has 1 atom stereocenters. The Balaban J connectivity index is 2.44. The number of carbonyl (C=O) groups is 3. The third kappa shape index (κ3) is 7.68. The van der Waals surface area contributed by atoms with Crippen molar-refractivity contribution in [2.75, 3.05) is 13.6 Å². The van der Waals surface area contributed by atoms with Crippen molar-refractivity contribution >= 4 is 17.8 Å². The van der Waals surface area contributed by atoms with Crippen molar-refractivity contribution < 1.29 is 19.1 Å². The van der Waals surface area contributed by atoms with Gasteiger partial charge in [-0.2, -0.15) is 0 Å². The Morgan fingerprint density at radius 2 is 1.77 bits per heavy atom. The van der Waals surface area contributed by atoms with Gasteiger partial charge >= 0.3 is 6.09 Å². The first-order valence-electron chi connectivity index (χ1n) is 8.82. The fourth-order valence-corrected chi connectivity index (χ4v) is 2.50. The normalized spacial score (nSPS) is 12.2. The average Bonchev–Trinajstić information content (AvgIpc) is 2.50. The van der Waals surface area contributed by atoms with Gasteiger partial charge in [0.05, 0.1) is 0 Å². The highest BCUT2D eigenvalue weighted by Crippen LogP contribution is 2.12. The van der Waals surface area contributed by atoms with Crippen LogP contribution in [0, 0.1) is 6.92 Å². The van der Waals surface area contributed by atoms with Gasteiger partial charge in [0.1, 0.15) is 5.60 Å². The SMILES string of the molecule is Cc1ccccc1C(=O)CCC(=O)N(C)CC(C)NC(=O)OC(C)(C)C. The number of Topliss-reactive ketones (excluding diaryl/α,β-unsaturated/α-hetero) is 1. The van der Waals surface area contributed by atoms with E-state index < -0.39 is 11.7 Å². The molecular weight excluding hydrogens is 332 g/mol. The summed E-state index contributed by atoms with van der Waals surface area (Å²) in [5.41, 5.74) is 0.998. The van der Waals surface area contributed by atoms with E-state index in [4.69, 9.17) is 4.74 Å². The Labute approximate surface area is 155 Å². The van der Waals surface area contributed by atoms with Gasteiger partial charge in [0.25, 0.3) is 0 Å². The second-order valence-electron chi connectivity index (χ2n) is 7.56. The van der Waals surface area contributed by atoms with E-state index in [1.807, 2.05) is 25.1 Å². The zero-order valence-corrected chi connectivity index (χ0v) is 16.6. The monoisotopic (exact) mass is 362 g/mol. The molecule has 1 unspecified atom stereocenters. The highest BCUT2D eigenvalue weighted by molar-refractivity contribution is 5.99. The van der Waals surface area contributed by atoms with Crippen LogP contribution >= 0.6 is 0 Å². The van der Waals surface area contributed by atoms with E-state index in [0.717, 1.165) is 5.56 Å². The molecule has 0 aliphatic carbocycles. The van der Waals surface area contributed by atoms with Crippen molar-refractivity contribution in [3.63, 3.8) is 0 Å². The highest BCUT2D eigenvalue weighted by atomic mass is 16.6. The van der Waals surface area contributed by atoms with E-state index in [1.54, 1.807) is 40.8 Å². The van der Waals surface area contributed by atoms with Crippen LogP contribution in [0.3, 0.4) is 0 Å². The molecule has 6 heteroatoms. The lowest BCUT2D eigenvalue weighted by Gasteiger charge is -2.25. The van der Waals surface area contributed by atoms with Crippen LogP contribution in [0.4, 0.5) is 4.79 Å². The summed E-state index contributed by atoms with van der Waals surface area (Å²) >= 11 is 0. The number of nitrogens with zero attached hydrogens (tertiary/aromatic N) is 1. The van der Waals surface area contributed by atoms with Crippen LogP contribution < -0.4 is 5.32 Å². The van der Waals surface area contributed by atoms with E-state index in [-0.39, 0.29) is 30.6 Å². The summed E-state index contributed by atoms with van der Waals surface area (Å²) in [7, 11) is 1.66. The van der Waals surface area contributed by atoms with Crippen LogP contribution in [-0.4, -0.2) is 47.9 Å².